The van der Waals surface area contributed by atoms with Gasteiger partial charge in [0.05, 0.1) is 5.75 Å². The Balaban J connectivity index is 2.07. The SMILES string of the molecule is CCC(C)NC(=O)C(C)N(Cc1cccc(Br)c1)C(=O)CSCc1ccc(C)cc1. The van der Waals surface area contributed by atoms with E-state index in [1.807, 2.05) is 38.1 Å². The molecule has 2 rings (SSSR count). The molecular weight excluding hydrogens is 460 g/mol. The molecule has 162 valence electrons. The van der Waals surface area contributed by atoms with Crippen LogP contribution >= 0.6 is 27.7 Å². The zero-order chi connectivity index (χ0) is 22.1. The van der Waals surface area contributed by atoms with E-state index < -0.39 is 6.04 Å². The van der Waals surface area contributed by atoms with Crippen LogP contribution in [0.2, 0.25) is 0 Å². The largest absolute Gasteiger partial charge is 0.352 e. The smallest absolute Gasteiger partial charge is 0.242 e. The number of carbonyl (C=O) groups excluding carboxylic acids is 2. The summed E-state index contributed by atoms with van der Waals surface area (Å²) in [5.74, 6) is 0.961. The van der Waals surface area contributed by atoms with E-state index in [-0.39, 0.29) is 17.9 Å². The van der Waals surface area contributed by atoms with E-state index in [2.05, 4.69) is 52.4 Å². The number of aryl methyl sites for hydroxylation is 1. The Morgan fingerprint density at radius 2 is 1.80 bits per heavy atom. The standard InChI is InChI=1S/C24H31BrN2O2S/c1-5-18(3)26-24(29)19(4)27(14-21-7-6-8-22(25)13-21)23(28)16-30-15-20-11-9-17(2)10-12-20/h6-13,18-19H,5,14-16H2,1-4H3,(H,26,29). The highest BCUT2D eigenvalue weighted by atomic mass is 79.9. The van der Waals surface area contributed by atoms with Crippen molar-refractivity contribution < 1.29 is 9.59 Å². The molecule has 0 saturated carbocycles. The minimum atomic E-state index is -0.537. The van der Waals surface area contributed by atoms with Gasteiger partial charge in [-0.05, 0) is 50.5 Å². The van der Waals surface area contributed by atoms with Gasteiger partial charge < -0.3 is 10.2 Å². The van der Waals surface area contributed by atoms with Crippen LogP contribution in [0.4, 0.5) is 0 Å². The van der Waals surface area contributed by atoms with Crippen LogP contribution < -0.4 is 5.32 Å². The number of thioether (sulfide) groups is 1. The summed E-state index contributed by atoms with van der Waals surface area (Å²) in [6.07, 6.45) is 0.852. The van der Waals surface area contributed by atoms with E-state index in [0.717, 1.165) is 22.2 Å². The van der Waals surface area contributed by atoms with E-state index in [9.17, 15) is 9.59 Å². The third-order valence-corrected chi connectivity index (χ3v) is 6.51. The van der Waals surface area contributed by atoms with Gasteiger partial charge >= 0.3 is 0 Å². The van der Waals surface area contributed by atoms with Crippen molar-refractivity contribution in [2.75, 3.05) is 5.75 Å². The van der Waals surface area contributed by atoms with Gasteiger partial charge in [-0.3, -0.25) is 9.59 Å². The van der Waals surface area contributed by atoms with E-state index in [0.29, 0.717) is 12.3 Å². The molecule has 0 fully saturated rings. The van der Waals surface area contributed by atoms with Crippen molar-refractivity contribution in [1.82, 2.24) is 10.2 Å². The molecule has 4 nitrogen and oxygen atoms in total. The average Bonchev–Trinajstić information content (AvgIpc) is 2.72. The second kappa shape index (κ2) is 12.2. The molecule has 0 aliphatic heterocycles. The fraction of sp³-hybridized carbons (Fsp3) is 0.417. The molecule has 0 spiro atoms. The van der Waals surface area contributed by atoms with E-state index >= 15 is 0 Å². The molecule has 2 aromatic rings. The molecule has 0 aromatic heterocycles. The van der Waals surface area contributed by atoms with Gasteiger partial charge in [-0.15, -0.1) is 11.8 Å². The highest BCUT2D eigenvalue weighted by Crippen LogP contribution is 2.18. The maximum Gasteiger partial charge on any atom is 0.242 e. The molecule has 0 bridgehead atoms. The van der Waals surface area contributed by atoms with Crippen LogP contribution in [0.3, 0.4) is 0 Å². The maximum absolute atomic E-state index is 13.1. The summed E-state index contributed by atoms with van der Waals surface area (Å²) in [4.78, 5) is 27.5. The Morgan fingerprint density at radius 3 is 2.43 bits per heavy atom. The molecule has 2 atom stereocenters. The molecule has 0 radical (unpaired) electrons. The van der Waals surface area contributed by atoms with Crippen LogP contribution in [0, 0.1) is 6.92 Å². The molecule has 2 aromatic carbocycles. The molecule has 30 heavy (non-hydrogen) atoms. The Labute approximate surface area is 192 Å². The summed E-state index contributed by atoms with van der Waals surface area (Å²) < 4.78 is 0.956. The Bertz CT molecular complexity index is 841. The molecule has 0 aliphatic carbocycles. The lowest BCUT2D eigenvalue weighted by molar-refractivity contribution is -0.138. The fourth-order valence-electron chi connectivity index (χ4n) is 2.90. The van der Waals surface area contributed by atoms with Gasteiger partial charge in [0.1, 0.15) is 6.04 Å². The second-order valence-electron chi connectivity index (χ2n) is 7.62. The summed E-state index contributed by atoms with van der Waals surface area (Å²) in [6, 6.07) is 15.7. The fourth-order valence-corrected chi connectivity index (χ4v) is 4.22. The predicted molar refractivity (Wildman–Crippen MR) is 129 cm³/mol. The van der Waals surface area contributed by atoms with Crippen molar-refractivity contribution >= 4 is 39.5 Å². The summed E-state index contributed by atoms with van der Waals surface area (Å²) in [7, 11) is 0. The number of hydrogen-bond donors (Lipinski definition) is 1. The predicted octanol–water partition coefficient (Wildman–Crippen LogP) is 5.32. The third kappa shape index (κ3) is 7.80. The minimum Gasteiger partial charge on any atom is -0.352 e. The lowest BCUT2D eigenvalue weighted by Crippen LogP contribution is -2.50. The monoisotopic (exact) mass is 490 g/mol. The van der Waals surface area contributed by atoms with E-state index in [1.165, 1.54) is 11.1 Å². The molecule has 0 aliphatic rings. The van der Waals surface area contributed by atoms with Gasteiger partial charge in [0.15, 0.2) is 0 Å². The number of hydrogen-bond acceptors (Lipinski definition) is 3. The molecule has 0 saturated heterocycles. The van der Waals surface area contributed by atoms with Crippen LogP contribution in [0.25, 0.3) is 0 Å². The van der Waals surface area contributed by atoms with Crippen molar-refractivity contribution in [1.29, 1.82) is 0 Å². The molecule has 2 unspecified atom stereocenters. The lowest BCUT2D eigenvalue weighted by Gasteiger charge is -2.29. The van der Waals surface area contributed by atoms with Crippen LogP contribution in [0.5, 0.6) is 0 Å². The summed E-state index contributed by atoms with van der Waals surface area (Å²) >= 11 is 5.06. The van der Waals surface area contributed by atoms with Crippen LogP contribution in [-0.4, -0.2) is 34.6 Å². The molecular formula is C24H31BrN2O2S. The summed E-state index contributed by atoms with van der Waals surface area (Å²) in [5.41, 5.74) is 3.41. The van der Waals surface area contributed by atoms with Gasteiger partial charge in [-0.2, -0.15) is 0 Å². The second-order valence-corrected chi connectivity index (χ2v) is 9.53. The number of halogens is 1. The molecule has 0 heterocycles. The topological polar surface area (TPSA) is 49.4 Å². The number of amides is 2. The summed E-state index contributed by atoms with van der Waals surface area (Å²) in [6.45, 7) is 8.27. The van der Waals surface area contributed by atoms with Crippen LogP contribution in [0.15, 0.2) is 53.0 Å². The average molecular weight is 491 g/mol. The number of carbonyl (C=O) groups is 2. The van der Waals surface area contributed by atoms with Crippen molar-refractivity contribution in [2.45, 2.75) is 58.5 Å². The Hall–Kier alpha value is -1.79. The first-order valence-electron chi connectivity index (χ1n) is 10.3. The number of nitrogens with zero attached hydrogens (tertiary/aromatic N) is 1. The van der Waals surface area contributed by atoms with Crippen LogP contribution in [0.1, 0.15) is 43.9 Å². The normalized spacial score (nSPS) is 12.8. The maximum atomic E-state index is 13.1. The number of benzene rings is 2. The van der Waals surface area contributed by atoms with Gasteiger partial charge in [0.2, 0.25) is 11.8 Å². The van der Waals surface area contributed by atoms with Gasteiger partial charge in [0.25, 0.3) is 0 Å². The first-order chi connectivity index (χ1) is 14.3. The Morgan fingerprint density at radius 1 is 1.10 bits per heavy atom. The van der Waals surface area contributed by atoms with Gasteiger partial charge in [-0.25, -0.2) is 0 Å². The Kier molecular flexibility index (Phi) is 9.92. The van der Waals surface area contributed by atoms with Gasteiger partial charge in [0, 0.05) is 22.8 Å². The quantitative estimate of drug-likeness (QED) is 0.489. The molecule has 6 heteroatoms. The van der Waals surface area contributed by atoms with Crippen molar-refractivity contribution in [3.63, 3.8) is 0 Å². The number of nitrogens with one attached hydrogen (secondary N) is 1. The van der Waals surface area contributed by atoms with Crippen molar-refractivity contribution in [2.24, 2.45) is 0 Å². The lowest BCUT2D eigenvalue weighted by atomic mass is 10.1. The van der Waals surface area contributed by atoms with Crippen molar-refractivity contribution in [3.8, 4) is 0 Å². The highest BCUT2D eigenvalue weighted by molar-refractivity contribution is 9.10. The highest BCUT2D eigenvalue weighted by Gasteiger charge is 2.26. The zero-order valence-electron chi connectivity index (χ0n) is 18.2. The summed E-state index contributed by atoms with van der Waals surface area (Å²) in [5, 5.41) is 3.00. The number of rotatable bonds is 10. The van der Waals surface area contributed by atoms with Crippen LogP contribution in [-0.2, 0) is 21.9 Å². The molecule has 2 amide bonds. The zero-order valence-corrected chi connectivity index (χ0v) is 20.6. The van der Waals surface area contributed by atoms with E-state index in [4.69, 9.17) is 0 Å². The van der Waals surface area contributed by atoms with E-state index in [1.54, 1.807) is 23.6 Å². The minimum absolute atomic E-state index is 0.0288. The first kappa shape index (κ1) is 24.5. The van der Waals surface area contributed by atoms with Crippen molar-refractivity contribution in [3.05, 3.63) is 69.7 Å². The van der Waals surface area contributed by atoms with Gasteiger partial charge in [-0.1, -0.05) is 64.8 Å². The third-order valence-electron chi connectivity index (χ3n) is 5.03. The molecule has 1 N–H and O–H groups in total. The first-order valence-corrected chi connectivity index (χ1v) is 12.2.